The molecule has 2 N–H and O–H groups in total. The fraction of sp³-hybridized carbons (Fsp3) is 0.360. The molecule has 1 aliphatic rings. The van der Waals surface area contributed by atoms with E-state index in [9.17, 15) is 9.59 Å². The number of aromatic nitrogens is 2. The number of para-hydroxylation sites is 1. The summed E-state index contributed by atoms with van der Waals surface area (Å²) in [4.78, 5) is 32.3. The second-order valence-electron chi connectivity index (χ2n) is 8.38. The van der Waals surface area contributed by atoms with Crippen LogP contribution in [0, 0.1) is 5.92 Å². The molecule has 1 saturated heterocycles. The maximum Gasteiger partial charge on any atom is 0.253 e. The highest BCUT2D eigenvalue weighted by molar-refractivity contribution is 9.10. The van der Waals surface area contributed by atoms with Gasteiger partial charge in [0.1, 0.15) is 0 Å². The average molecular weight is 542 g/mol. The van der Waals surface area contributed by atoms with E-state index in [1.54, 1.807) is 31.4 Å². The number of ether oxygens (including phenoxy) is 1. The number of benzene rings is 2. The molecule has 0 saturated carbocycles. The number of halogens is 1. The second-order valence-corrected chi connectivity index (χ2v) is 9.30. The van der Waals surface area contributed by atoms with Crippen LogP contribution in [0.5, 0.6) is 0 Å². The predicted molar refractivity (Wildman–Crippen MR) is 135 cm³/mol. The quantitative estimate of drug-likeness (QED) is 0.397. The summed E-state index contributed by atoms with van der Waals surface area (Å²) in [5, 5.41) is 9.85. The van der Waals surface area contributed by atoms with Crippen LogP contribution in [0.2, 0.25) is 0 Å². The van der Waals surface area contributed by atoms with E-state index in [0.29, 0.717) is 49.2 Å². The minimum absolute atomic E-state index is 0.104. The number of piperidine rings is 1. The molecular formula is C25H28BrN5O4. The van der Waals surface area contributed by atoms with Crippen molar-refractivity contribution in [2.75, 3.05) is 38.7 Å². The standard InChI is InChI=1S/C25H28BrN5O4/c1-34-13-11-27-25(33)20-9-2-3-10-21(20)28-24(32)18-7-5-12-31(15-18)16-22-29-23(30-35-22)17-6-4-8-19(26)14-17/h2-4,6,8-10,14,18H,5,7,11-13,15-16H2,1H3,(H,27,33)(H,28,32). The first-order chi connectivity index (χ1) is 17.0. The van der Waals surface area contributed by atoms with Crippen molar-refractivity contribution < 1.29 is 18.8 Å². The Morgan fingerprint density at radius 2 is 2.09 bits per heavy atom. The van der Waals surface area contributed by atoms with Gasteiger partial charge in [-0.25, -0.2) is 0 Å². The molecule has 1 fully saturated rings. The number of amides is 2. The zero-order valence-corrected chi connectivity index (χ0v) is 21.1. The van der Waals surface area contributed by atoms with Crippen LogP contribution >= 0.6 is 15.9 Å². The first kappa shape index (κ1) is 25.0. The summed E-state index contributed by atoms with van der Waals surface area (Å²) in [6.45, 7) is 2.71. The van der Waals surface area contributed by atoms with Gasteiger partial charge in [-0.15, -0.1) is 0 Å². The molecule has 1 unspecified atom stereocenters. The Labute approximate surface area is 212 Å². The van der Waals surface area contributed by atoms with E-state index in [1.807, 2.05) is 24.3 Å². The summed E-state index contributed by atoms with van der Waals surface area (Å²) in [6.07, 6.45) is 1.65. The van der Waals surface area contributed by atoms with Gasteiger partial charge in [0.25, 0.3) is 5.91 Å². The third-order valence-electron chi connectivity index (χ3n) is 5.81. The maximum absolute atomic E-state index is 13.1. The van der Waals surface area contributed by atoms with Gasteiger partial charge in [0, 0.05) is 30.2 Å². The summed E-state index contributed by atoms with van der Waals surface area (Å²) >= 11 is 3.46. The van der Waals surface area contributed by atoms with Crippen LogP contribution in [-0.4, -0.2) is 60.2 Å². The highest BCUT2D eigenvalue weighted by Crippen LogP contribution is 2.24. The number of rotatable bonds is 9. The number of methoxy groups -OCH3 is 1. The Bertz CT molecular complexity index is 1170. The van der Waals surface area contributed by atoms with Crippen LogP contribution < -0.4 is 10.6 Å². The zero-order valence-electron chi connectivity index (χ0n) is 19.5. The third kappa shape index (κ3) is 6.74. The van der Waals surface area contributed by atoms with Crippen molar-refractivity contribution in [2.24, 2.45) is 5.92 Å². The van der Waals surface area contributed by atoms with E-state index in [4.69, 9.17) is 9.26 Å². The maximum atomic E-state index is 13.1. The summed E-state index contributed by atoms with van der Waals surface area (Å²) in [5.74, 6) is 0.487. The SMILES string of the molecule is COCCNC(=O)c1ccccc1NC(=O)C1CCCN(Cc2nc(-c3cccc(Br)c3)no2)C1. The van der Waals surface area contributed by atoms with Gasteiger partial charge in [-0.1, -0.05) is 45.4 Å². The number of anilines is 1. The minimum Gasteiger partial charge on any atom is -0.383 e. The van der Waals surface area contributed by atoms with E-state index in [1.165, 1.54) is 0 Å². The lowest BCUT2D eigenvalue weighted by Crippen LogP contribution is -2.40. The molecule has 2 aromatic carbocycles. The molecule has 4 rings (SSSR count). The lowest BCUT2D eigenvalue weighted by atomic mass is 9.96. The number of likely N-dealkylation sites (tertiary alicyclic amines) is 1. The Morgan fingerprint density at radius 1 is 1.23 bits per heavy atom. The van der Waals surface area contributed by atoms with Gasteiger partial charge >= 0.3 is 0 Å². The molecule has 1 aromatic heterocycles. The van der Waals surface area contributed by atoms with Crippen LogP contribution in [0.3, 0.4) is 0 Å². The number of carbonyl (C=O) groups is 2. The van der Waals surface area contributed by atoms with E-state index in [-0.39, 0.29) is 17.7 Å². The largest absolute Gasteiger partial charge is 0.383 e. The van der Waals surface area contributed by atoms with E-state index in [2.05, 4.69) is 41.6 Å². The van der Waals surface area contributed by atoms with Crippen molar-refractivity contribution in [1.29, 1.82) is 0 Å². The average Bonchev–Trinajstić information content (AvgIpc) is 3.33. The van der Waals surface area contributed by atoms with Crippen LogP contribution in [0.15, 0.2) is 57.5 Å². The second kappa shape index (κ2) is 12.1. The monoisotopic (exact) mass is 541 g/mol. The van der Waals surface area contributed by atoms with Crippen LogP contribution in [0.4, 0.5) is 5.69 Å². The molecule has 1 aliphatic heterocycles. The normalized spacial score (nSPS) is 16.1. The van der Waals surface area contributed by atoms with Crippen molar-refractivity contribution in [3.8, 4) is 11.4 Å². The van der Waals surface area contributed by atoms with E-state index >= 15 is 0 Å². The summed E-state index contributed by atoms with van der Waals surface area (Å²) in [5.41, 5.74) is 1.80. The van der Waals surface area contributed by atoms with Gasteiger partial charge in [-0.2, -0.15) is 4.98 Å². The molecule has 0 spiro atoms. The molecule has 0 bridgehead atoms. The highest BCUT2D eigenvalue weighted by atomic mass is 79.9. The van der Waals surface area contributed by atoms with Crippen molar-refractivity contribution >= 4 is 33.4 Å². The lowest BCUT2D eigenvalue weighted by molar-refractivity contribution is -0.121. The van der Waals surface area contributed by atoms with Crippen molar-refractivity contribution in [2.45, 2.75) is 19.4 Å². The van der Waals surface area contributed by atoms with Crippen LogP contribution in [0.1, 0.15) is 29.1 Å². The van der Waals surface area contributed by atoms with Crippen molar-refractivity contribution in [3.63, 3.8) is 0 Å². The molecule has 184 valence electrons. The Kier molecular flexibility index (Phi) is 8.62. The molecule has 3 aromatic rings. The molecule has 0 radical (unpaired) electrons. The lowest BCUT2D eigenvalue weighted by Gasteiger charge is -2.31. The molecule has 35 heavy (non-hydrogen) atoms. The van der Waals surface area contributed by atoms with Crippen LogP contribution in [0.25, 0.3) is 11.4 Å². The van der Waals surface area contributed by atoms with Gasteiger partial charge in [0.15, 0.2) is 0 Å². The van der Waals surface area contributed by atoms with Gasteiger partial charge in [0.05, 0.1) is 30.3 Å². The highest BCUT2D eigenvalue weighted by Gasteiger charge is 2.28. The summed E-state index contributed by atoms with van der Waals surface area (Å²) < 4.78 is 11.4. The van der Waals surface area contributed by atoms with Gasteiger partial charge in [-0.3, -0.25) is 14.5 Å². The molecule has 9 nitrogen and oxygen atoms in total. The number of carbonyl (C=O) groups excluding carboxylic acids is 2. The fourth-order valence-corrected chi connectivity index (χ4v) is 4.45. The van der Waals surface area contributed by atoms with Gasteiger partial charge < -0.3 is 19.9 Å². The Balaban J connectivity index is 1.36. The van der Waals surface area contributed by atoms with E-state index < -0.39 is 0 Å². The molecule has 2 heterocycles. The number of hydrogen-bond donors (Lipinski definition) is 2. The summed E-state index contributed by atoms with van der Waals surface area (Å²) in [6, 6.07) is 14.7. The van der Waals surface area contributed by atoms with Crippen molar-refractivity contribution in [1.82, 2.24) is 20.4 Å². The van der Waals surface area contributed by atoms with Crippen LogP contribution in [-0.2, 0) is 16.1 Å². The first-order valence-electron chi connectivity index (χ1n) is 11.5. The fourth-order valence-electron chi connectivity index (χ4n) is 4.06. The van der Waals surface area contributed by atoms with Gasteiger partial charge in [-0.05, 0) is 43.7 Å². The van der Waals surface area contributed by atoms with Gasteiger partial charge in [0.2, 0.25) is 17.6 Å². The third-order valence-corrected chi connectivity index (χ3v) is 6.30. The zero-order chi connectivity index (χ0) is 24.6. The first-order valence-corrected chi connectivity index (χ1v) is 12.3. The smallest absolute Gasteiger partial charge is 0.253 e. The van der Waals surface area contributed by atoms with E-state index in [0.717, 1.165) is 29.4 Å². The Hall–Kier alpha value is -3.08. The minimum atomic E-state index is -0.249. The predicted octanol–water partition coefficient (Wildman–Crippen LogP) is 3.73. The molecule has 0 aliphatic carbocycles. The summed E-state index contributed by atoms with van der Waals surface area (Å²) in [7, 11) is 1.58. The Morgan fingerprint density at radius 3 is 2.91 bits per heavy atom. The van der Waals surface area contributed by atoms with Crippen molar-refractivity contribution in [3.05, 3.63) is 64.5 Å². The molecular weight excluding hydrogens is 514 g/mol. The molecule has 10 heteroatoms. The number of nitrogens with zero attached hydrogens (tertiary/aromatic N) is 3. The molecule has 2 amide bonds. The number of hydrogen-bond acceptors (Lipinski definition) is 7. The molecule has 1 atom stereocenters. The number of nitrogens with one attached hydrogen (secondary N) is 2. The topological polar surface area (TPSA) is 110 Å².